The molecule has 0 aliphatic rings. The van der Waals surface area contributed by atoms with Gasteiger partial charge in [-0.25, -0.2) is 18.5 Å². The van der Waals surface area contributed by atoms with Gasteiger partial charge in [0.25, 0.3) is 0 Å². The minimum absolute atomic E-state index is 0.154. The Labute approximate surface area is 140 Å². The van der Waals surface area contributed by atoms with Crippen molar-refractivity contribution in [3.63, 3.8) is 0 Å². The molecule has 0 aliphatic carbocycles. The molecule has 3 N–H and O–H groups in total. The maximum absolute atomic E-state index is 11.7. The van der Waals surface area contributed by atoms with Crippen molar-refractivity contribution in [3.05, 3.63) is 46.9 Å². The number of fused-ring (bicyclic) bond motifs is 3. The zero-order chi connectivity index (χ0) is 16.2. The second-order valence-electron chi connectivity index (χ2n) is 5.07. The maximum atomic E-state index is 11.7. The number of primary sulfonamides is 1. The van der Waals surface area contributed by atoms with E-state index < -0.39 is 10.0 Å². The van der Waals surface area contributed by atoms with Crippen LogP contribution in [-0.2, 0) is 10.0 Å². The molecular formula is C15H10ClN3O2S2. The van der Waals surface area contributed by atoms with E-state index in [0.29, 0.717) is 16.2 Å². The maximum Gasteiger partial charge on any atom is 0.248 e. The van der Waals surface area contributed by atoms with E-state index in [1.165, 1.54) is 0 Å². The number of H-pyrrole nitrogens is 1. The lowest BCUT2D eigenvalue weighted by Gasteiger charge is -2.03. The number of aromatic nitrogens is 2. The van der Waals surface area contributed by atoms with Crippen LogP contribution in [0.3, 0.4) is 0 Å². The van der Waals surface area contributed by atoms with Crippen molar-refractivity contribution in [3.8, 4) is 11.1 Å². The summed E-state index contributed by atoms with van der Waals surface area (Å²) >= 11 is 7.39. The fourth-order valence-electron chi connectivity index (χ4n) is 2.67. The Hall–Kier alpha value is -1.93. The number of hydrogen-bond acceptors (Lipinski definition) is 4. The Morgan fingerprint density at radius 2 is 2.04 bits per heavy atom. The van der Waals surface area contributed by atoms with E-state index in [0.717, 1.165) is 33.2 Å². The molecule has 0 atom stereocenters. The van der Waals surface area contributed by atoms with Gasteiger partial charge in [-0.05, 0) is 35.2 Å². The average molecular weight is 364 g/mol. The monoisotopic (exact) mass is 363 g/mol. The lowest BCUT2D eigenvalue weighted by Crippen LogP contribution is -2.11. The first-order valence-corrected chi connectivity index (χ1v) is 9.42. The number of nitrogens with one attached hydrogen (secondary N) is 1. The number of halogens is 1. The average Bonchev–Trinajstić information content (AvgIpc) is 3.11. The molecule has 3 aromatic heterocycles. The van der Waals surface area contributed by atoms with E-state index in [1.807, 2.05) is 18.2 Å². The van der Waals surface area contributed by atoms with Gasteiger partial charge in [0.1, 0.15) is 9.86 Å². The largest absolute Gasteiger partial charge is 0.339 e. The summed E-state index contributed by atoms with van der Waals surface area (Å²) < 4.78 is 23.6. The third-order valence-electron chi connectivity index (χ3n) is 3.64. The van der Waals surface area contributed by atoms with Crippen molar-refractivity contribution >= 4 is 54.9 Å². The molecule has 5 nitrogen and oxygen atoms in total. The van der Waals surface area contributed by atoms with Gasteiger partial charge in [-0.15, -0.1) is 11.3 Å². The second kappa shape index (κ2) is 5.04. The van der Waals surface area contributed by atoms with Crippen LogP contribution < -0.4 is 5.14 Å². The number of nitrogens with zero attached hydrogens (tertiary/aromatic N) is 1. The Kier molecular flexibility index (Phi) is 3.21. The van der Waals surface area contributed by atoms with Gasteiger partial charge >= 0.3 is 0 Å². The van der Waals surface area contributed by atoms with Gasteiger partial charge in [0.2, 0.25) is 10.0 Å². The van der Waals surface area contributed by atoms with Crippen LogP contribution in [0.5, 0.6) is 0 Å². The van der Waals surface area contributed by atoms with Gasteiger partial charge in [0, 0.05) is 28.0 Å². The minimum atomic E-state index is -3.76. The van der Waals surface area contributed by atoms with Gasteiger partial charge in [0.05, 0.1) is 5.02 Å². The highest BCUT2D eigenvalue weighted by Gasteiger charge is 2.18. The van der Waals surface area contributed by atoms with E-state index in [1.54, 1.807) is 23.7 Å². The van der Waals surface area contributed by atoms with E-state index in [4.69, 9.17) is 16.7 Å². The molecule has 0 fully saturated rings. The third kappa shape index (κ3) is 2.33. The van der Waals surface area contributed by atoms with Crippen LogP contribution in [0.25, 0.3) is 33.1 Å². The molecule has 0 unspecified atom stereocenters. The zero-order valence-electron chi connectivity index (χ0n) is 11.6. The van der Waals surface area contributed by atoms with Crippen molar-refractivity contribution in [1.82, 2.24) is 9.97 Å². The molecule has 0 saturated heterocycles. The normalized spacial score (nSPS) is 12.3. The number of benzene rings is 1. The first kappa shape index (κ1) is 14.6. The van der Waals surface area contributed by atoms with Crippen LogP contribution in [0, 0.1) is 0 Å². The molecule has 3 heterocycles. The SMILES string of the molecule is NS(=O)(=O)c1sccc1-c1ccc2[nH]c3nccc(Cl)c3c2c1. The predicted molar refractivity (Wildman–Crippen MR) is 93.3 cm³/mol. The minimum Gasteiger partial charge on any atom is -0.339 e. The molecule has 4 rings (SSSR count). The molecular weight excluding hydrogens is 354 g/mol. The number of aromatic amines is 1. The molecule has 0 spiro atoms. The molecule has 8 heteroatoms. The smallest absolute Gasteiger partial charge is 0.248 e. The van der Waals surface area contributed by atoms with Gasteiger partial charge < -0.3 is 4.98 Å². The Morgan fingerprint density at radius 1 is 1.22 bits per heavy atom. The molecule has 0 bridgehead atoms. The molecule has 0 amide bonds. The number of rotatable bonds is 2. The molecule has 23 heavy (non-hydrogen) atoms. The summed E-state index contributed by atoms with van der Waals surface area (Å²) in [5, 5.41) is 9.31. The topological polar surface area (TPSA) is 88.8 Å². The van der Waals surface area contributed by atoms with Gasteiger partial charge in [-0.1, -0.05) is 17.7 Å². The number of nitrogens with two attached hydrogens (primary N) is 1. The highest BCUT2D eigenvalue weighted by atomic mass is 35.5. The summed E-state index contributed by atoms with van der Waals surface area (Å²) in [5.74, 6) is 0. The first-order chi connectivity index (χ1) is 10.9. The highest BCUT2D eigenvalue weighted by Crippen LogP contribution is 2.36. The molecule has 116 valence electrons. The predicted octanol–water partition coefficient (Wildman–Crippen LogP) is 3.75. The number of pyridine rings is 1. The lowest BCUT2D eigenvalue weighted by molar-refractivity contribution is 0.600. The summed E-state index contributed by atoms with van der Waals surface area (Å²) in [6, 6.07) is 9.11. The van der Waals surface area contributed by atoms with Crippen LogP contribution in [0.4, 0.5) is 0 Å². The summed E-state index contributed by atoms with van der Waals surface area (Å²) in [6.45, 7) is 0. The molecule has 1 aromatic carbocycles. The van der Waals surface area contributed by atoms with Crippen LogP contribution in [-0.4, -0.2) is 18.4 Å². The fourth-order valence-corrected chi connectivity index (χ4v) is 4.76. The summed E-state index contributed by atoms with van der Waals surface area (Å²) in [6.07, 6.45) is 1.64. The van der Waals surface area contributed by atoms with Crippen molar-refractivity contribution < 1.29 is 8.42 Å². The van der Waals surface area contributed by atoms with Gasteiger partial charge in [-0.3, -0.25) is 0 Å². The van der Waals surface area contributed by atoms with Crippen molar-refractivity contribution in [2.75, 3.05) is 0 Å². The zero-order valence-corrected chi connectivity index (χ0v) is 14.0. The van der Waals surface area contributed by atoms with Crippen LogP contribution in [0.15, 0.2) is 46.1 Å². The van der Waals surface area contributed by atoms with E-state index in [2.05, 4.69) is 9.97 Å². The second-order valence-corrected chi connectivity index (χ2v) is 8.15. The standard InChI is InChI=1S/C15H10ClN3O2S2/c16-11-3-5-18-14-13(11)10-7-8(1-2-12(10)19-14)9-4-6-22-15(9)23(17,20)21/h1-7H,(H,18,19)(H2,17,20,21). The Morgan fingerprint density at radius 3 is 2.83 bits per heavy atom. The Balaban J connectivity index is 2.04. The van der Waals surface area contributed by atoms with Crippen molar-refractivity contribution in [1.29, 1.82) is 0 Å². The lowest BCUT2D eigenvalue weighted by atomic mass is 10.1. The van der Waals surface area contributed by atoms with E-state index in [-0.39, 0.29) is 4.21 Å². The summed E-state index contributed by atoms with van der Waals surface area (Å²) in [7, 11) is -3.76. The van der Waals surface area contributed by atoms with E-state index in [9.17, 15) is 8.42 Å². The highest BCUT2D eigenvalue weighted by molar-refractivity contribution is 7.91. The van der Waals surface area contributed by atoms with Crippen LogP contribution >= 0.6 is 22.9 Å². The summed E-state index contributed by atoms with van der Waals surface area (Å²) in [4.78, 5) is 7.47. The number of sulfonamides is 1. The summed E-state index contributed by atoms with van der Waals surface area (Å²) in [5.41, 5.74) is 2.94. The number of hydrogen-bond donors (Lipinski definition) is 2. The molecule has 4 aromatic rings. The first-order valence-electron chi connectivity index (χ1n) is 6.62. The van der Waals surface area contributed by atoms with Crippen molar-refractivity contribution in [2.45, 2.75) is 4.21 Å². The van der Waals surface area contributed by atoms with Crippen LogP contribution in [0.1, 0.15) is 0 Å². The van der Waals surface area contributed by atoms with Crippen LogP contribution in [0.2, 0.25) is 5.02 Å². The quantitative estimate of drug-likeness (QED) is 0.568. The fraction of sp³-hybridized carbons (Fsp3) is 0. The molecule has 0 aliphatic heterocycles. The Bertz CT molecular complexity index is 1160. The number of thiophene rings is 1. The molecule has 0 radical (unpaired) electrons. The van der Waals surface area contributed by atoms with Gasteiger partial charge in [-0.2, -0.15) is 0 Å². The van der Waals surface area contributed by atoms with E-state index >= 15 is 0 Å². The van der Waals surface area contributed by atoms with Gasteiger partial charge in [0.15, 0.2) is 0 Å². The third-order valence-corrected chi connectivity index (χ3v) is 6.38. The van der Waals surface area contributed by atoms with Crippen molar-refractivity contribution in [2.24, 2.45) is 5.14 Å². The molecule has 0 saturated carbocycles.